The second kappa shape index (κ2) is 4.66. The fraction of sp³-hybridized carbons (Fsp3) is 0.462. The Bertz CT molecular complexity index is 366. The van der Waals surface area contributed by atoms with Crippen LogP contribution in [-0.2, 0) is 16.8 Å². The van der Waals surface area contributed by atoms with Crippen molar-refractivity contribution in [2.45, 2.75) is 32.7 Å². The monoisotopic (exact) mass is 221 g/mol. The van der Waals surface area contributed by atoms with Crippen molar-refractivity contribution >= 4 is 5.97 Å². The Morgan fingerprint density at radius 1 is 1.38 bits per heavy atom. The molecule has 16 heavy (non-hydrogen) atoms. The van der Waals surface area contributed by atoms with Crippen molar-refractivity contribution in [2.24, 2.45) is 5.92 Å². The van der Waals surface area contributed by atoms with Gasteiger partial charge in [-0.15, -0.1) is 0 Å². The molecule has 1 aromatic rings. The highest BCUT2D eigenvalue weighted by atomic mass is 16.4. The Balaban J connectivity index is 2.91. The van der Waals surface area contributed by atoms with Gasteiger partial charge in [0.2, 0.25) is 0 Å². The first kappa shape index (κ1) is 12.7. The third-order valence-corrected chi connectivity index (χ3v) is 2.69. The quantitative estimate of drug-likeness (QED) is 0.783. The summed E-state index contributed by atoms with van der Waals surface area (Å²) >= 11 is 0. The largest absolute Gasteiger partial charge is 0.543 e. The van der Waals surface area contributed by atoms with Gasteiger partial charge in [-0.1, -0.05) is 38.1 Å². The summed E-state index contributed by atoms with van der Waals surface area (Å²) in [6.45, 7) is 5.86. The summed E-state index contributed by atoms with van der Waals surface area (Å²) < 4.78 is 0. The summed E-state index contributed by atoms with van der Waals surface area (Å²) in [4.78, 5) is 10.9. The molecular formula is C13H19NO2. The van der Waals surface area contributed by atoms with Gasteiger partial charge in [-0.05, 0) is 17.9 Å². The summed E-state index contributed by atoms with van der Waals surface area (Å²) in [7, 11) is 0. The van der Waals surface area contributed by atoms with Crippen molar-refractivity contribution in [3.05, 3.63) is 35.4 Å². The molecule has 0 fully saturated rings. The number of benzene rings is 1. The van der Waals surface area contributed by atoms with Gasteiger partial charge in [-0.25, -0.2) is 0 Å². The maximum absolute atomic E-state index is 10.9. The molecule has 3 nitrogen and oxygen atoms in total. The first-order valence-electron chi connectivity index (χ1n) is 5.50. The van der Waals surface area contributed by atoms with E-state index in [0.29, 0.717) is 11.5 Å². The lowest BCUT2D eigenvalue weighted by Gasteiger charge is -2.22. The van der Waals surface area contributed by atoms with Crippen LogP contribution in [0.1, 0.15) is 31.9 Å². The number of hydrogen-bond acceptors (Lipinski definition) is 2. The lowest BCUT2D eigenvalue weighted by Crippen LogP contribution is -2.75. The van der Waals surface area contributed by atoms with E-state index in [1.54, 1.807) is 6.92 Å². The third-order valence-electron chi connectivity index (χ3n) is 2.69. The zero-order chi connectivity index (χ0) is 12.3. The Labute approximate surface area is 96.3 Å². The van der Waals surface area contributed by atoms with Gasteiger partial charge >= 0.3 is 0 Å². The Morgan fingerprint density at radius 2 is 1.88 bits per heavy atom. The summed E-state index contributed by atoms with van der Waals surface area (Å²) in [6, 6.07) is 7.56. The number of carboxylic acids is 1. The molecule has 0 aliphatic rings. The zero-order valence-corrected chi connectivity index (χ0v) is 10.1. The lowest BCUT2D eigenvalue weighted by atomic mass is 9.91. The number of carbonyl (C=O) groups excluding carboxylic acids is 1. The molecule has 0 amide bonds. The van der Waals surface area contributed by atoms with Gasteiger partial charge in [0.05, 0.1) is 0 Å². The van der Waals surface area contributed by atoms with Gasteiger partial charge in [0, 0.05) is 12.5 Å². The van der Waals surface area contributed by atoms with Crippen molar-refractivity contribution in [3.63, 3.8) is 0 Å². The first-order chi connectivity index (χ1) is 7.34. The van der Waals surface area contributed by atoms with Crippen LogP contribution in [0.15, 0.2) is 24.3 Å². The average molecular weight is 221 g/mol. The SMILES string of the molecule is CC(C)Cc1ccc([C@@](C)([NH3+])C(=O)[O-])cc1. The highest BCUT2D eigenvalue weighted by Crippen LogP contribution is 2.17. The van der Waals surface area contributed by atoms with Crippen LogP contribution in [0.25, 0.3) is 0 Å². The van der Waals surface area contributed by atoms with Crippen molar-refractivity contribution in [1.82, 2.24) is 0 Å². The summed E-state index contributed by atoms with van der Waals surface area (Å²) in [5.41, 5.74) is 4.39. The topological polar surface area (TPSA) is 67.8 Å². The third kappa shape index (κ3) is 2.83. The van der Waals surface area contributed by atoms with Crippen LogP contribution in [0.5, 0.6) is 0 Å². The highest BCUT2D eigenvalue weighted by molar-refractivity contribution is 5.76. The molecule has 0 spiro atoms. The Morgan fingerprint density at radius 3 is 2.25 bits per heavy atom. The van der Waals surface area contributed by atoms with E-state index < -0.39 is 11.5 Å². The van der Waals surface area contributed by atoms with E-state index in [1.807, 2.05) is 24.3 Å². The highest BCUT2D eigenvalue weighted by Gasteiger charge is 2.26. The number of aliphatic carboxylic acids is 1. The molecule has 3 heteroatoms. The van der Waals surface area contributed by atoms with Crippen LogP contribution < -0.4 is 10.8 Å². The summed E-state index contributed by atoms with van der Waals surface area (Å²) in [6.07, 6.45) is 0.999. The van der Waals surface area contributed by atoms with E-state index in [1.165, 1.54) is 5.56 Å². The van der Waals surface area contributed by atoms with Gasteiger partial charge in [-0.3, -0.25) is 0 Å². The molecule has 1 aromatic carbocycles. The summed E-state index contributed by atoms with van der Waals surface area (Å²) in [5.74, 6) is -0.553. The molecule has 0 saturated heterocycles. The number of hydrogen-bond donors (Lipinski definition) is 1. The van der Waals surface area contributed by atoms with Crippen LogP contribution in [-0.4, -0.2) is 5.97 Å². The molecule has 0 unspecified atom stereocenters. The van der Waals surface area contributed by atoms with Crippen LogP contribution in [0.3, 0.4) is 0 Å². The first-order valence-corrected chi connectivity index (χ1v) is 5.50. The van der Waals surface area contributed by atoms with Crippen LogP contribution in [0.4, 0.5) is 0 Å². The van der Waals surface area contributed by atoms with Gasteiger partial charge < -0.3 is 15.6 Å². The minimum Gasteiger partial charge on any atom is -0.543 e. The second-order valence-corrected chi connectivity index (χ2v) is 4.91. The van der Waals surface area contributed by atoms with Crippen LogP contribution in [0.2, 0.25) is 0 Å². The maximum atomic E-state index is 10.9. The number of carbonyl (C=O) groups is 1. The minimum absolute atomic E-state index is 0.595. The molecule has 3 N–H and O–H groups in total. The standard InChI is InChI=1S/C13H19NO2/c1-9(2)8-10-4-6-11(7-5-10)13(3,14)12(15)16/h4-7,9H,8,14H2,1-3H3,(H,15,16)/t13-/m1/s1. The molecule has 0 bridgehead atoms. The Hall–Kier alpha value is -1.35. The van der Waals surface area contributed by atoms with E-state index in [0.717, 1.165) is 6.42 Å². The predicted molar refractivity (Wildman–Crippen MR) is 60.2 cm³/mol. The molecule has 88 valence electrons. The van der Waals surface area contributed by atoms with E-state index in [2.05, 4.69) is 19.6 Å². The van der Waals surface area contributed by atoms with E-state index in [9.17, 15) is 9.90 Å². The summed E-state index contributed by atoms with van der Waals surface area (Å²) in [5, 5.41) is 10.9. The fourth-order valence-electron chi connectivity index (χ4n) is 1.60. The molecule has 1 atom stereocenters. The van der Waals surface area contributed by atoms with Crippen LogP contribution >= 0.6 is 0 Å². The minimum atomic E-state index is -1.17. The maximum Gasteiger partial charge on any atom is 0.157 e. The van der Waals surface area contributed by atoms with Crippen LogP contribution in [0, 0.1) is 5.92 Å². The Kier molecular flexibility index (Phi) is 3.70. The van der Waals surface area contributed by atoms with E-state index >= 15 is 0 Å². The van der Waals surface area contributed by atoms with E-state index in [-0.39, 0.29) is 0 Å². The fourth-order valence-corrected chi connectivity index (χ4v) is 1.60. The van der Waals surface area contributed by atoms with Gasteiger partial charge in [0.15, 0.2) is 5.54 Å². The van der Waals surface area contributed by atoms with Crippen molar-refractivity contribution in [2.75, 3.05) is 0 Å². The van der Waals surface area contributed by atoms with Crippen molar-refractivity contribution < 1.29 is 15.6 Å². The molecule has 0 aromatic heterocycles. The predicted octanol–water partition coefficient (Wildman–Crippen LogP) is 0.0921. The van der Waals surface area contributed by atoms with E-state index in [4.69, 9.17) is 0 Å². The lowest BCUT2D eigenvalue weighted by molar-refractivity contribution is -0.489. The number of carboxylic acid groups (broad SMARTS) is 1. The normalized spacial score (nSPS) is 14.8. The molecule has 0 aliphatic carbocycles. The zero-order valence-electron chi connectivity index (χ0n) is 10.1. The number of quaternary nitrogens is 1. The van der Waals surface area contributed by atoms with Crippen molar-refractivity contribution in [3.8, 4) is 0 Å². The average Bonchev–Trinajstić information content (AvgIpc) is 2.17. The molecule has 0 radical (unpaired) electrons. The van der Waals surface area contributed by atoms with Gasteiger partial charge in [0.25, 0.3) is 0 Å². The molecular weight excluding hydrogens is 202 g/mol. The smallest absolute Gasteiger partial charge is 0.157 e. The number of rotatable bonds is 4. The van der Waals surface area contributed by atoms with Gasteiger partial charge in [-0.2, -0.15) is 0 Å². The molecule has 0 aliphatic heterocycles. The van der Waals surface area contributed by atoms with Crippen molar-refractivity contribution in [1.29, 1.82) is 0 Å². The second-order valence-electron chi connectivity index (χ2n) is 4.91. The van der Waals surface area contributed by atoms with Gasteiger partial charge in [0.1, 0.15) is 5.97 Å². The molecule has 1 rings (SSSR count). The molecule has 0 saturated carbocycles. The molecule has 0 heterocycles.